The number of rotatable bonds is 4. The second-order valence-corrected chi connectivity index (χ2v) is 5.93. The van der Waals surface area contributed by atoms with Crippen LogP contribution in [0.25, 0.3) is 0 Å². The molecule has 0 aliphatic heterocycles. The molecule has 1 amide bonds. The Morgan fingerprint density at radius 3 is 2.53 bits per heavy atom. The SMILES string of the molecule is CC(C)(C(=O)C1(C(=O)NN)CC1)c1cccs1. The molecule has 0 saturated heterocycles. The number of carbonyl (C=O) groups is 2. The third-order valence-electron chi connectivity index (χ3n) is 3.46. The van der Waals surface area contributed by atoms with E-state index in [4.69, 9.17) is 5.84 Å². The van der Waals surface area contributed by atoms with Crippen LogP contribution in [0.15, 0.2) is 17.5 Å². The van der Waals surface area contributed by atoms with E-state index in [1.165, 1.54) is 11.3 Å². The molecule has 0 spiro atoms. The van der Waals surface area contributed by atoms with Crippen molar-refractivity contribution in [1.82, 2.24) is 5.43 Å². The number of hydrazine groups is 1. The van der Waals surface area contributed by atoms with Gasteiger partial charge in [-0.25, -0.2) is 5.84 Å². The van der Waals surface area contributed by atoms with Gasteiger partial charge in [-0.15, -0.1) is 11.3 Å². The van der Waals surface area contributed by atoms with Gasteiger partial charge in [0, 0.05) is 4.88 Å². The number of hydrogen-bond donors (Lipinski definition) is 2. The number of ketones is 1. The first-order chi connectivity index (χ1) is 7.95. The van der Waals surface area contributed by atoms with E-state index in [1.807, 2.05) is 31.4 Å². The predicted molar refractivity (Wildman–Crippen MR) is 66.3 cm³/mol. The minimum atomic E-state index is -0.887. The number of nitrogens with one attached hydrogen (secondary N) is 1. The van der Waals surface area contributed by atoms with Gasteiger partial charge >= 0.3 is 0 Å². The summed E-state index contributed by atoms with van der Waals surface area (Å²) < 4.78 is 0. The Kier molecular flexibility index (Phi) is 2.83. The topological polar surface area (TPSA) is 72.2 Å². The maximum atomic E-state index is 12.5. The molecule has 4 nitrogen and oxygen atoms in total. The summed E-state index contributed by atoms with van der Waals surface area (Å²) in [7, 11) is 0. The lowest BCUT2D eigenvalue weighted by Crippen LogP contribution is -2.46. The maximum absolute atomic E-state index is 12.5. The van der Waals surface area contributed by atoms with Crippen molar-refractivity contribution in [1.29, 1.82) is 0 Å². The fourth-order valence-corrected chi connectivity index (χ4v) is 3.01. The van der Waals surface area contributed by atoms with Gasteiger partial charge in [0.2, 0.25) is 5.91 Å². The van der Waals surface area contributed by atoms with Gasteiger partial charge in [-0.05, 0) is 38.1 Å². The fourth-order valence-electron chi connectivity index (χ4n) is 2.16. The zero-order valence-electron chi connectivity index (χ0n) is 9.95. The number of carbonyl (C=O) groups excluding carboxylic acids is 2. The van der Waals surface area contributed by atoms with Gasteiger partial charge in [0.15, 0.2) is 5.78 Å². The number of Topliss-reactive ketones (excluding diaryl/α,β-unsaturated/α-hetero) is 1. The molecule has 1 heterocycles. The van der Waals surface area contributed by atoms with Crippen molar-refractivity contribution in [2.45, 2.75) is 32.1 Å². The van der Waals surface area contributed by atoms with Gasteiger partial charge in [-0.2, -0.15) is 0 Å². The summed E-state index contributed by atoms with van der Waals surface area (Å²) in [5.41, 5.74) is 0.595. The molecule has 1 aliphatic carbocycles. The lowest BCUT2D eigenvalue weighted by molar-refractivity contribution is -0.138. The van der Waals surface area contributed by atoms with Crippen LogP contribution >= 0.6 is 11.3 Å². The Balaban J connectivity index is 2.30. The van der Waals surface area contributed by atoms with E-state index >= 15 is 0 Å². The molecule has 0 unspecified atom stereocenters. The molecule has 1 aromatic rings. The molecule has 17 heavy (non-hydrogen) atoms. The van der Waals surface area contributed by atoms with Gasteiger partial charge in [-0.1, -0.05) is 6.07 Å². The van der Waals surface area contributed by atoms with Crippen LogP contribution in [0.4, 0.5) is 0 Å². The van der Waals surface area contributed by atoms with Gasteiger partial charge in [0.05, 0.1) is 5.41 Å². The predicted octanol–water partition coefficient (Wildman–Crippen LogP) is 1.36. The van der Waals surface area contributed by atoms with Crippen molar-refractivity contribution in [2.24, 2.45) is 11.3 Å². The highest BCUT2D eigenvalue weighted by Crippen LogP contribution is 2.51. The standard InChI is InChI=1S/C12H16N2O2S/c1-11(2,8-4-3-7-17-8)9(15)12(5-6-12)10(16)14-13/h3-4,7H,5-6,13H2,1-2H3,(H,14,16). The molecule has 2 rings (SSSR count). The third-order valence-corrected chi connectivity index (χ3v) is 4.65. The molecule has 1 aliphatic rings. The smallest absolute Gasteiger partial charge is 0.247 e. The Bertz CT molecular complexity index is 447. The van der Waals surface area contributed by atoms with Gasteiger partial charge in [0.1, 0.15) is 5.41 Å². The molecule has 1 saturated carbocycles. The summed E-state index contributed by atoms with van der Waals surface area (Å²) >= 11 is 1.54. The van der Waals surface area contributed by atoms with Crippen molar-refractivity contribution < 1.29 is 9.59 Å². The number of hydrogen-bond acceptors (Lipinski definition) is 4. The van der Waals surface area contributed by atoms with Crippen molar-refractivity contribution in [3.8, 4) is 0 Å². The first kappa shape index (κ1) is 12.3. The largest absolute Gasteiger partial charge is 0.297 e. The second kappa shape index (κ2) is 3.92. The average Bonchev–Trinajstić information content (AvgIpc) is 2.92. The summed E-state index contributed by atoms with van der Waals surface area (Å²) in [5.74, 6) is 4.76. The number of nitrogens with two attached hydrogens (primary N) is 1. The highest BCUT2D eigenvalue weighted by Gasteiger charge is 2.60. The van der Waals surface area contributed by atoms with Crippen molar-refractivity contribution in [2.75, 3.05) is 0 Å². The minimum absolute atomic E-state index is 0.0320. The number of amides is 1. The molecule has 0 aromatic carbocycles. The van der Waals surface area contributed by atoms with E-state index in [1.54, 1.807) is 0 Å². The zero-order valence-corrected chi connectivity index (χ0v) is 10.8. The summed E-state index contributed by atoms with van der Waals surface area (Å²) in [5, 5.41) is 1.94. The normalized spacial score (nSPS) is 17.6. The first-order valence-electron chi connectivity index (χ1n) is 5.55. The molecule has 5 heteroatoms. The van der Waals surface area contributed by atoms with E-state index in [9.17, 15) is 9.59 Å². The summed E-state index contributed by atoms with van der Waals surface area (Å²) in [6.45, 7) is 3.73. The molecule has 0 radical (unpaired) electrons. The van der Waals surface area contributed by atoms with Crippen LogP contribution in [0.5, 0.6) is 0 Å². The van der Waals surface area contributed by atoms with Crippen molar-refractivity contribution in [3.63, 3.8) is 0 Å². The van der Waals surface area contributed by atoms with Crippen LogP contribution in [0.2, 0.25) is 0 Å². The molecule has 92 valence electrons. The minimum Gasteiger partial charge on any atom is -0.297 e. The Morgan fingerprint density at radius 1 is 1.47 bits per heavy atom. The molecule has 1 aromatic heterocycles. The van der Waals surface area contributed by atoms with E-state index in [2.05, 4.69) is 5.43 Å². The monoisotopic (exact) mass is 252 g/mol. The van der Waals surface area contributed by atoms with E-state index in [0.29, 0.717) is 12.8 Å². The highest BCUT2D eigenvalue weighted by molar-refractivity contribution is 7.10. The molecule has 0 bridgehead atoms. The van der Waals surface area contributed by atoms with E-state index in [0.717, 1.165) is 4.88 Å². The summed E-state index contributed by atoms with van der Waals surface area (Å²) in [6, 6.07) is 3.84. The quantitative estimate of drug-likeness (QED) is 0.368. The van der Waals surface area contributed by atoms with Gasteiger partial charge in [0.25, 0.3) is 0 Å². The van der Waals surface area contributed by atoms with Crippen LogP contribution in [0, 0.1) is 5.41 Å². The van der Waals surface area contributed by atoms with Crippen LogP contribution in [-0.2, 0) is 15.0 Å². The Hall–Kier alpha value is -1.20. The zero-order chi connectivity index (χ0) is 12.7. The second-order valence-electron chi connectivity index (χ2n) is 4.99. The lowest BCUT2D eigenvalue weighted by atomic mass is 9.78. The van der Waals surface area contributed by atoms with Crippen LogP contribution in [-0.4, -0.2) is 11.7 Å². The van der Waals surface area contributed by atoms with Crippen LogP contribution in [0.3, 0.4) is 0 Å². The highest BCUT2D eigenvalue weighted by atomic mass is 32.1. The van der Waals surface area contributed by atoms with Crippen molar-refractivity contribution in [3.05, 3.63) is 22.4 Å². The van der Waals surface area contributed by atoms with E-state index in [-0.39, 0.29) is 11.7 Å². The van der Waals surface area contributed by atoms with Gasteiger partial charge < -0.3 is 0 Å². The van der Waals surface area contributed by atoms with Crippen molar-refractivity contribution >= 4 is 23.0 Å². The molecule has 1 fully saturated rings. The summed E-state index contributed by atoms with van der Waals surface area (Å²) in [4.78, 5) is 25.2. The summed E-state index contributed by atoms with van der Waals surface area (Å²) in [6.07, 6.45) is 1.20. The van der Waals surface area contributed by atoms with Gasteiger partial charge in [-0.3, -0.25) is 15.0 Å². The molecular formula is C12H16N2O2S. The fraction of sp³-hybridized carbons (Fsp3) is 0.500. The lowest BCUT2D eigenvalue weighted by Gasteiger charge is -2.26. The third kappa shape index (κ3) is 1.79. The molecular weight excluding hydrogens is 236 g/mol. The van der Waals surface area contributed by atoms with Crippen LogP contribution < -0.4 is 11.3 Å². The molecule has 0 atom stereocenters. The average molecular weight is 252 g/mol. The van der Waals surface area contributed by atoms with Crippen LogP contribution in [0.1, 0.15) is 31.6 Å². The first-order valence-corrected chi connectivity index (χ1v) is 6.43. The maximum Gasteiger partial charge on any atom is 0.247 e. The Labute approximate surface area is 104 Å². The van der Waals surface area contributed by atoms with E-state index < -0.39 is 10.8 Å². The Morgan fingerprint density at radius 2 is 2.12 bits per heavy atom. The molecule has 3 N–H and O–H groups in total. The number of thiophene rings is 1.